The van der Waals surface area contributed by atoms with Crippen molar-refractivity contribution in [1.29, 1.82) is 0 Å². The topological polar surface area (TPSA) is 45.4 Å². The van der Waals surface area contributed by atoms with Gasteiger partial charge in [-0.3, -0.25) is 9.13 Å². The van der Waals surface area contributed by atoms with Crippen molar-refractivity contribution < 1.29 is 9.47 Å². The second-order valence-corrected chi connectivity index (χ2v) is 13.2. The van der Waals surface area contributed by atoms with Crippen molar-refractivity contribution in [2.45, 2.75) is 19.8 Å². The number of hydrogen-bond donors (Lipinski definition) is 0. The zero-order valence-corrected chi connectivity index (χ0v) is 29.2. The van der Waals surface area contributed by atoms with E-state index in [4.69, 9.17) is 9.47 Å². The maximum atomic E-state index is 12.9. The minimum atomic E-state index is -0.0499. The van der Waals surface area contributed by atoms with Crippen LogP contribution in [0.3, 0.4) is 0 Å². The van der Waals surface area contributed by atoms with E-state index in [0.717, 1.165) is 63.7 Å². The fraction of sp³-hybridized carbons (Fsp3) is 0.0851. The number of fused-ring (bicyclic) bond motifs is 1. The molecule has 0 radical (unpaired) electrons. The number of nitrogens with zero attached hydrogens (tertiary/aromatic N) is 2. The van der Waals surface area contributed by atoms with Gasteiger partial charge >= 0.3 is 5.69 Å². The molecule has 8 aromatic rings. The Morgan fingerprint density at radius 1 is 0.442 bits per heavy atom. The number of aromatic nitrogens is 2. The molecule has 0 unspecified atom stereocenters. The van der Waals surface area contributed by atoms with Gasteiger partial charge in [0.1, 0.15) is 23.0 Å². The maximum Gasteiger partial charge on any atom is 0.333 e. The molecule has 0 aliphatic carbocycles. The molecule has 254 valence electrons. The molecule has 0 bridgehead atoms. The van der Waals surface area contributed by atoms with E-state index in [1.807, 2.05) is 92.0 Å². The molecule has 7 aromatic carbocycles. The SMILES string of the molecule is Cc1ccc(Cc2ccc(Oc3ccc(-c4ccc(Oc5ccc(Cc6ccc(-n7c(=O)n(C)c8ccccc87)cc6)cc5)cc4)cc3)cc2)cc1. The molecule has 0 N–H and O–H groups in total. The number of imidazole rings is 1. The molecule has 0 aliphatic rings. The van der Waals surface area contributed by atoms with Gasteiger partial charge in [0.2, 0.25) is 0 Å². The fourth-order valence-corrected chi connectivity index (χ4v) is 6.54. The molecule has 0 saturated heterocycles. The highest BCUT2D eigenvalue weighted by molar-refractivity contribution is 5.78. The summed E-state index contributed by atoms with van der Waals surface area (Å²) < 4.78 is 15.7. The maximum absolute atomic E-state index is 12.9. The molecule has 0 spiro atoms. The Morgan fingerprint density at radius 3 is 1.25 bits per heavy atom. The summed E-state index contributed by atoms with van der Waals surface area (Å²) in [5.41, 5.74) is 11.0. The lowest BCUT2D eigenvalue weighted by molar-refractivity contribution is 0.482. The predicted molar refractivity (Wildman–Crippen MR) is 210 cm³/mol. The van der Waals surface area contributed by atoms with E-state index < -0.39 is 0 Å². The van der Waals surface area contributed by atoms with E-state index in [9.17, 15) is 4.79 Å². The van der Waals surface area contributed by atoms with Gasteiger partial charge in [-0.15, -0.1) is 0 Å². The molecule has 0 amide bonds. The Kier molecular flexibility index (Phi) is 8.99. The molecule has 1 heterocycles. The van der Waals surface area contributed by atoms with Crippen LogP contribution in [0.25, 0.3) is 27.8 Å². The van der Waals surface area contributed by atoms with Crippen LogP contribution in [-0.4, -0.2) is 9.13 Å². The molecule has 5 heteroatoms. The third-order valence-electron chi connectivity index (χ3n) is 9.45. The van der Waals surface area contributed by atoms with Crippen molar-refractivity contribution in [2.75, 3.05) is 0 Å². The number of para-hydroxylation sites is 2. The highest BCUT2D eigenvalue weighted by Crippen LogP contribution is 2.29. The Bertz CT molecular complexity index is 2490. The van der Waals surface area contributed by atoms with E-state index in [1.165, 1.54) is 27.8 Å². The number of hydrogen-bond acceptors (Lipinski definition) is 3. The number of ether oxygens (including phenoxy) is 2. The van der Waals surface area contributed by atoms with Gasteiger partial charge in [0.25, 0.3) is 0 Å². The predicted octanol–water partition coefficient (Wildman–Crippen LogP) is 11.1. The second-order valence-electron chi connectivity index (χ2n) is 13.2. The molecule has 1 aromatic heterocycles. The van der Waals surface area contributed by atoms with Gasteiger partial charge in [0, 0.05) is 7.05 Å². The van der Waals surface area contributed by atoms with Gasteiger partial charge < -0.3 is 9.47 Å². The summed E-state index contributed by atoms with van der Waals surface area (Å²) in [7, 11) is 1.81. The monoisotopic (exact) mass is 678 g/mol. The van der Waals surface area contributed by atoms with Gasteiger partial charge in [-0.05, 0) is 126 Å². The summed E-state index contributed by atoms with van der Waals surface area (Å²) in [6.07, 6.45) is 1.69. The molecule has 0 saturated carbocycles. The lowest BCUT2D eigenvalue weighted by Gasteiger charge is -2.10. The van der Waals surface area contributed by atoms with Crippen LogP contribution in [0.15, 0.2) is 175 Å². The van der Waals surface area contributed by atoms with Gasteiger partial charge in [-0.1, -0.05) is 103 Å². The van der Waals surface area contributed by atoms with Crippen LogP contribution in [0.1, 0.15) is 27.8 Å². The first-order valence-corrected chi connectivity index (χ1v) is 17.5. The lowest BCUT2D eigenvalue weighted by Crippen LogP contribution is -2.20. The van der Waals surface area contributed by atoms with Crippen molar-refractivity contribution in [1.82, 2.24) is 9.13 Å². The van der Waals surface area contributed by atoms with Crippen LogP contribution in [-0.2, 0) is 19.9 Å². The summed E-state index contributed by atoms with van der Waals surface area (Å²) in [6.45, 7) is 2.11. The molecule has 0 aliphatic heterocycles. The zero-order valence-electron chi connectivity index (χ0n) is 29.2. The van der Waals surface area contributed by atoms with Crippen LogP contribution >= 0.6 is 0 Å². The average molecular weight is 679 g/mol. The minimum Gasteiger partial charge on any atom is -0.457 e. The van der Waals surface area contributed by atoms with Crippen molar-refractivity contribution >= 4 is 11.0 Å². The highest BCUT2D eigenvalue weighted by Gasteiger charge is 2.12. The van der Waals surface area contributed by atoms with E-state index in [-0.39, 0.29) is 5.69 Å². The normalized spacial score (nSPS) is 11.1. The third kappa shape index (κ3) is 7.16. The van der Waals surface area contributed by atoms with Crippen LogP contribution in [0.4, 0.5) is 0 Å². The van der Waals surface area contributed by atoms with Crippen LogP contribution in [0.5, 0.6) is 23.0 Å². The van der Waals surface area contributed by atoms with Crippen molar-refractivity contribution in [2.24, 2.45) is 7.05 Å². The van der Waals surface area contributed by atoms with Crippen molar-refractivity contribution in [3.8, 4) is 39.8 Å². The van der Waals surface area contributed by atoms with Crippen LogP contribution in [0.2, 0.25) is 0 Å². The molecule has 0 fully saturated rings. The Balaban J connectivity index is 0.850. The summed E-state index contributed by atoms with van der Waals surface area (Å²) in [5, 5.41) is 0. The molecule has 8 rings (SSSR count). The standard InChI is InChI=1S/C47H38N2O3/c1-33-7-9-34(10-8-33)31-36-13-23-41(24-14-36)51-43-27-17-38(18-28-43)39-19-29-44(30-20-39)52-42-25-15-37(16-26-42)32-35-11-21-40(22-12-35)49-46-6-4-3-5-45(46)48(2)47(49)50/h3-30H,31-32H2,1-2H3. The third-order valence-corrected chi connectivity index (χ3v) is 9.45. The molecule has 5 nitrogen and oxygen atoms in total. The summed E-state index contributed by atoms with van der Waals surface area (Å²) in [5.74, 6) is 3.18. The number of benzene rings is 7. The fourth-order valence-electron chi connectivity index (χ4n) is 6.54. The summed E-state index contributed by atoms with van der Waals surface area (Å²) in [4.78, 5) is 12.9. The zero-order chi connectivity index (χ0) is 35.4. The summed E-state index contributed by atoms with van der Waals surface area (Å²) in [6, 6.07) is 57.5. The quantitative estimate of drug-likeness (QED) is 0.145. The molecule has 0 atom stereocenters. The molecular weight excluding hydrogens is 641 g/mol. The van der Waals surface area contributed by atoms with E-state index in [1.54, 1.807) is 9.13 Å². The van der Waals surface area contributed by atoms with Gasteiger partial charge in [-0.25, -0.2) is 4.79 Å². The average Bonchev–Trinajstić information content (AvgIpc) is 3.44. The Hall–Kier alpha value is -6.59. The van der Waals surface area contributed by atoms with E-state index in [2.05, 4.69) is 91.9 Å². The van der Waals surface area contributed by atoms with Crippen molar-refractivity contribution in [3.63, 3.8) is 0 Å². The van der Waals surface area contributed by atoms with Crippen LogP contribution < -0.4 is 15.2 Å². The van der Waals surface area contributed by atoms with E-state index >= 15 is 0 Å². The van der Waals surface area contributed by atoms with E-state index in [0.29, 0.717) is 0 Å². The van der Waals surface area contributed by atoms with Crippen LogP contribution in [0, 0.1) is 6.92 Å². The Labute approximate surface area is 303 Å². The first kappa shape index (κ1) is 32.6. The largest absolute Gasteiger partial charge is 0.457 e. The van der Waals surface area contributed by atoms with Gasteiger partial charge in [0.15, 0.2) is 0 Å². The minimum absolute atomic E-state index is 0.0499. The highest BCUT2D eigenvalue weighted by atomic mass is 16.5. The van der Waals surface area contributed by atoms with Crippen molar-refractivity contribution in [3.05, 3.63) is 208 Å². The first-order valence-electron chi connectivity index (χ1n) is 17.5. The smallest absolute Gasteiger partial charge is 0.333 e. The number of aryl methyl sites for hydroxylation is 2. The van der Waals surface area contributed by atoms with Gasteiger partial charge in [0.05, 0.1) is 16.7 Å². The number of rotatable bonds is 10. The van der Waals surface area contributed by atoms with Gasteiger partial charge in [-0.2, -0.15) is 0 Å². The lowest BCUT2D eigenvalue weighted by atomic mass is 10.0. The Morgan fingerprint density at radius 2 is 0.808 bits per heavy atom. The molecule has 52 heavy (non-hydrogen) atoms. The second kappa shape index (κ2) is 14.3. The summed E-state index contributed by atoms with van der Waals surface area (Å²) >= 11 is 0. The first-order chi connectivity index (χ1) is 25.4. The molecular formula is C47H38N2O3.